The van der Waals surface area contributed by atoms with Crippen LogP contribution in [0.3, 0.4) is 0 Å². The number of aryl methyl sites for hydroxylation is 1. The van der Waals surface area contributed by atoms with Gasteiger partial charge in [-0.3, -0.25) is 9.48 Å². The van der Waals surface area contributed by atoms with E-state index in [-0.39, 0.29) is 11.6 Å². The molecule has 0 spiro atoms. The minimum absolute atomic E-state index is 0.259. The molecule has 2 heterocycles. The molecule has 0 saturated heterocycles. The summed E-state index contributed by atoms with van der Waals surface area (Å²) < 4.78 is 1.77. The van der Waals surface area contributed by atoms with E-state index in [0.29, 0.717) is 18.8 Å². The van der Waals surface area contributed by atoms with Gasteiger partial charge < -0.3 is 11.1 Å². The molecule has 0 aromatic carbocycles. The van der Waals surface area contributed by atoms with Crippen molar-refractivity contribution in [2.75, 3.05) is 12.3 Å². The molecule has 7 nitrogen and oxygen atoms in total. The summed E-state index contributed by atoms with van der Waals surface area (Å²) in [5.41, 5.74) is 6.71. The van der Waals surface area contributed by atoms with Crippen molar-refractivity contribution >= 4 is 11.7 Å². The first-order valence-corrected chi connectivity index (χ1v) is 5.49. The van der Waals surface area contributed by atoms with Crippen molar-refractivity contribution in [1.29, 1.82) is 0 Å². The number of nitrogens with one attached hydrogen (secondary N) is 1. The third-order valence-corrected chi connectivity index (χ3v) is 2.49. The third-order valence-electron chi connectivity index (χ3n) is 2.49. The van der Waals surface area contributed by atoms with Gasteiger partial charge in [0, 0.05) is 31.9 Å². The maximum Gasteiger partial charge on any atom is 0.271 e. The predicted octanol–water partition coefficient (Wildman–Crippen LogP) is -0.235. The largest absolute Gasteiger partial charge is 0.382 e. The second kappa shape index (κ2) is 5.26. The highest BCUT2D eigenvalue weighted by atomic mass is 16.1. The van der Waals surface area contributed by atoms with Crippen LogP contribution in [-0.4, -0.2) is 32.2 Å². The number of hydrogen-bond acceptors (Lipinski definition) is 5. The Bertz CT molecular complexity index is 533. The minimum Gasteiger partial charge on any atom is -0.382 e. The van der Waals surface area contributed by atoms with Crippen LogP contribution in [-0.2, 0) is 13.5 Å². The molecule has 0 bridgehead atoms. The zero-order valence-electron chi connectivity index (χ0n) is 10.00. The Hall–Kier alpha value is -2.44. The summed E-state index contributed by atoms with van der Waals surface area (Å²) in [4.78, 5) is 19.4. The van der Waals surface area contributed by atoms with E-state index in [4.69, 9.17) is 5.73 Å². The Morgan fingerprint density at radius 2 is 2.28 bits per heavy atom. The molecule has 7 heteroatoms. The van der Waals surface area contributed by atoms with Gasteiger partial charge in [0.05, 0.1) is 12.4 Å². The topological polar surface area (TPSA) is 98.7 Å². The molecule has 0 radical (unpaired) electrons. The van der Waals surface area contributed by atoms with Crippen molar-refractivity contribution in [1.82, 2.24) is 25.1 Å². The van der Waals surface area contributed by atoms with E-state index in [9.17, 15) is 4.79 Å². The number of nitrogens with zero attached hydrogens (tertiary/aromatic N) is 4. The smallest absolute Gasteiger partial charge is 0.271 e. The van der Waals surface area contributed by atoms with Crippen LogP contribution >= 0.6 is 0 Å². The van der Waals surface area contributed by atoms with Gasteiger partial charge in [-0.2, -0.15) is 5.10 Å². The van der Waals surface area contributed by atoms with Crippen LogP contribution in [0.25, 0.3) is 0 Å². The number of carbonyl (C=O) groups excluding carboxylic acids is 1. The van der Waals surface area contributed by atoms with Crippen molar-refractivity contribution < 1.29 is 4.79 Å². The molecular formula is C11H14N6O. The highest BCUT2D eigenvalue weighted by Gasteiger charge is 2.07. The summed E-state index contributed by atoms with van der Waals surface area (Å²) in [6.07, 6.45) is 5.15. The zero-order valence-corrected chi connectivity index (χ0v) is 10.00. The molecule has 0 aliphatic heterocycles. The number of carbonyl (C=O) groups is 1. The molecule has 0 aliphatic carbocycles. The number of aromatic nitrogens is 4. The summed E-state index contributed by atoms with van der Waals surface area (Å²) in [7, 11) is 1.86. The van der Waals surface area contributed by atoms with Crippen LogP contribution in [0.4, 0.5) is 5.82 Å². The van der Waals surface area contributed by atoms with Gasteiger partial charge in [-0.05, 0) is 6.07 Å². The SMILES string of the molecule is Cn1nccc1CCNC(=O)c1cnc(N)cn1. The molecule has 3 N–H and O–H groups in total. The molecule has 0 unspecified atom stereocenters. The van der Waals surface area contributed by atoms with Gasteiger partial charge >= 0.3 is 0 Å². The number of anilines is 1. The zero-order chi connectivity index (χ0) is 13.0. The molecule has 1 amide bonds. The van der Waals surface area contributed by atoms with E-state index in [1.54, 1.807) is 10.9 Å². The summed E-state index contributed by atoms with van der Waals surface area (Å²) in [5.74, 6) is 0.0334. The van der Waals surface area contributed by atoms with Gasteiger partial charge in [0.2, 0.25) is 0 Å². The first kappa shape index (κ1) is 12.0. The molecule has 2 aromatic rings. The molecule has 2 aromatic heterocycles. The average molecular weight is 246 g/mol. The Balaban J connectivity index is 1.85. The fourth-order valence-electron chi connectivity index (χ4n) is 1.50. The maximum absolute atomic E-state index is 11.7. The van der Waals surface area contributed by atoms with Crippen molar-refractivity contribution in [3.63, 3.8) is 0 Å². The van der Waals surface area contributed by atoms with Crippen LogP contribution in [0.2, 0.25) is 0 Å². The number of nitrogens with two attached hydrogens (primary N) is 1. The lowest BCUT2D eigenvalue weighted by molar-refractivity contribution is 0.0948. The van der Waals surface area contributed by atoms with Gasteiger partial charge in [-0.15, -0.1) is 0 Å². The van der Waals surface area contributed by atoms with E-state index in [2.05, 4.69) is 20.4 Å². The number of nitrogen functional groups attached to an aromatic ring is 1. The van der Waals surface area contributed by atoms with E-state index >= 15 is 0 Å². The lowest BCUT2D eigenvalue weighted by Gasteiger charge is -2.04. The second-order valence-corrected chi connectivity index (χ2v) is 3.78. The maximum atomic E-state index is 11.7. The average Bonchev–Trinajstić information content (AvgIpc) is 2.76. The van der Waals surface area contributed by atoms with Gasteiger partial charge in [0.1, 0.15) is 11.5 Å². The number of amides is 1. The first-order valence-electron chi connectivity index (χ1n) is 5.49. The first-order chi connectivity index (χ1) is 8.66. The lowest BCUT2D eigenvalue weighted by Crippen LogP contribution is -2.27. The Labute approximate surface area is 104 Å². The Kier molecular flexibility index (Phi) is 3.52. The van der Waals surface area contributed by atoms with Crippen molar-refractivity contribution in [2.45, 2.75) is 6.42 Å². The van der Waals surface area contributed by atoms with Gasteiger partial charge in [-0.1, -0.05) is 0 Å². The predicted molar refractivity (Wildman–Crippen MR) is 65.7 cm³/mol. The number of rotatable bonds is 4. The Morgan fingerprint density at radius 3 is 2.89 bits per heavy atom. The summed E-state index contributed by atoms with van der Waals surface area (Å²) in [5, 5.41) is 6.81. The third kappa shape index (κ3) is 2.82. The van der Waals surface area contributed by atoms with Crippen molar-refractivity contribution in [2.24, 2.45) is 7.05 Å². The van der Waals surface area contributed by atoms with Crippen LogP contribution < -0.4 is 11.1 Å². The summed E-state index contributed by atoms with van der Waals surface area (Å²) >= 11 is 0. The fourth-order valence-corrected chi connectivity index (χ4v) is 1.50. The van der Waals surface area contributed by atoms with E-state index in [1.807, 2.05) is 13.1 Å². The molecule has 2 rings (SSSR count). The molecule has 94 valence electrons. The van der Waals surface area contributed by atoms with Gasteiger partial charge in [-0.25, -0.2) is 9.97 Å². The lowest BCUT2D eigenvalue weighted by atomic mass is 10.3. The Morgan fingerprint density at radius 1 is 1.44 bits per heavy atom. The fraction of sp³-hybridized carbons (Fsp3) is 0.273. The van der Waals surface area contributed by atoms with Crippen molar-refractivity contribution in [3.8, 4) is 0 Å². The molecule has 0 aliphatic rings. The van der Waals surface area contributed by atoms with Crippen molar-refractivity contribution in [3.05, 3.63) is 36.0 Å². The highest BCUT2D eigenvalue weighted by Crippen LogP contribution is 1.98. The van der Waals surface area contributed by atoms with Gasteiger partial charge in [0.25, 0.3) is 5.91 Å². The number of hydrogen-bond donors (Lipinski definition) is 2. The van der Waals surface area contributed by atoms with Crippen LogP contribution in [0.1, 0.15) is 16.2 Å². The van der Waals surface area contributed by atoms with E-state index in [0.717, 1.165) is 5.69 Å². The minimum atomic E-state index is -0.260. The highest BCUT2D eigenvalue weighted by molar-refractivity contribution is 5.91. The monoisotopic (exact) mass is 246 g/mol. The van der Waals surface area contributed by atoms with Gasteiger partial charge in [0.15, 0.2) is 0 Å². The normalized spacial score (nSPS) is 10.3. The quantitative estimate of drug-likeness (QED) is 0.776. The molecular weight excluding hydrogens is 232 g/mol. The second-order valence-electron chi connectivity index (χ2n) is 3.78. The summed E-state index contributed by atoms with van der Waals surface area (Å²) in [6, 6.07) is 1.91. The standard InChI is InChI=1S/C11H14N6O/c1-17-8(3-5-16-17)2-4-13-11(18)9-6-15-10(12)7-14-9/h3,5-7H,2,4H2,1H3,(H2,12,15)(H,13,18). The van der Waals surface area contributed by atoms with E-state index < -0.39 is 0 Å². The molecule has 18 heavy (non-hydrogen) atoms. The van der Waals surface area contributed by atoms with Crippen LogP contribution in [0, 0.1) is 0 Å². The van der Waals surface area contributed by atoms with Crippen LogP contribution in [0.5, 0.6) is 0 Å². The molecule has 0 saturated carbocycles. The summed E-state index contributed by atoms with van der Waals surface area (Å²) in [6.45, 7) is 0.518. The van der Waals surface area contributed by atoms with Crippen LogP contribution in [0.15, 0.2) is 24.7 Å². The molecule has 0 atom stereocenters. The van der Waals surface area contributed by atoms with E-state index in [1.165, 1.54) is 12.4 Å². The molecule has 0 fully saturated rings.